The van der Waals surface area contributed by atoms with Gasteiger partial charge in [0.2, 0.25) is 5.91 Å². The van der Waals surface area contributed by atoms with E-state index in [1.807, 2.05) is 84.9 Å². The van der Waals surface area contributed by atoms with Crippen molar-refractivity contribution in [2.24, 2.45) is 0 Å². The summed E-state index contributed by atoms with van der Waals surface area (Å²) in [6, 6.07) is 27.7. The molecule has 0 unspecified atom stereocenters. The zero-order valence-corrected chi connectivity index (χ0v) is 12.2. The van der Waals surface area contributed by atoms with Gasteiger partial charge in [-0.05, 0) is 17.2 Å². The first kappa shape index (κ1) is 14.1. The predicted molar refractivity (Wildman–Crippen MR) is 90.7 cm³/mol. The van der Waals surface area contributed by atoms with Gasteiger partial charge in [0, 0.05) is 11.3 Å². The van der Waals surface area contributed by atoms with Crippen LogP contribution in [0.1, 0.15) is 5.56 Å². The molecule has 0 radical (unpaired) electrons. The fourth-order valence-corrected chi connectivity index (χ4v) is 2.44. The fraction of sp³-hybridized carbons (Fsp3) is 0.0500. The molecular weight excluding hydrogens is 270 g/mol. The van der Waals surface area contributed by atoms with E-state index >= 15 is 0 Å². The summed E-state index contributed by atoms with van der Waals surface area (Å²) in [6.45, 7) is 0. The van der Waals surface area contributed by atoms with Crippen molar-refractivity contribution >= 4 is 11.6 Å². The van der Waals surface area contributed by atoms with E-state index in [1.165, 1.54) is 0 Å². The molecule has 0 fully saturated rings. The van der Waals surface area contributed by atoms with Crippen molar-refractivity contribution in [2.75, 3.05) is 5.32 Å². The zero-order valence-electron chi connectivity index (χ0n) is 12.2. The number of anilines is 1. The Balaban J connectivity index is 1.80. The maximum atomic E-state index is 12.3. The highest BCUT2D eigenvalue weighted by Gasteiger charge is 2.08. The quantitative estimate of drug-likeness (QED) is 0.750. The van der Waals surface area contributed by atoms with Gasteiger partial charge in [0.05, 0.1) is 6.42 Å². The van der Waals surface area contributed by atoms with Gasteiger partial charge < -0.3 is 5.32 Å². The van der Waals surface area contributed by atoms with Gasteiger partial charge in [-0.3, -0.25) is 4.79 Å². The second-order valence-electron chi connectivity index (χ2n) is 5.12. The van der Waals surface area contributed by atoms with Gasteiger partial charge in [-0.2, -0.15) is 0 Å². The summed E-state index contributed by atoms with van der Waals surface area (Å²) in [6.07, 6.45) is 0.379. The summed E-state index contributed by atoms with van der Waals surface area (Å²) in [5, 5.41) is 3.02. The number of nitrogens with one attached hydrogen (secondary N) is 1. The lowest BCUT2D eigenvalue weighted by atomic mass is 10.0. The van der Waals surface area contributed by atoms with Gasteiger partial charge in [-0.15, -0.1) is 0 Å². The van der Waals surface area contributed by atoms with Crippen LogP contribution in [-0.4, -0.2) is 5.91 Å². The largest absolute Gasteiger partial charge is 0.325 e. The van der Waals surface area contributed by atoms with Gasteiger partial charge in [-0.1, -0.05) is 78.9 Å². The zero-order chi connectivity index (χ0) is 15.2. The van der Waals surface area contributed by atoms with E-state index in [0.717, 1.165) is 22.4 Å². The average Bonchev–Trinajstić information content (AvgIpc) is 2.57. The van der Waals surface area contributed by atoms with Crippen molar-refractivity contribution in [1.82, 2.24) is 0 Å². The molecule has 0 aliphatic rings. The molecule has 0 atom stereocenters. The van der Waals surface area contributed by atoms with Crippen LogP contribution in [0.15, 0.2) is 84.9 Å². The Kier molecular flexibility index (Phi) is 4.30. The van der Waals surface area contributed by atoms with Crippen molar-refractivity contribution in [3.05, 3.63) is 90.5 Å². The van der Waals surface area contributed by atoms with Crippen LogP contribution in [0.25, 0.3) is 11.1 Å². The molecule has 2 nitrogen and oxygen atoms in total. The minimum absolute atomic E-state index is 0.00502. The summed E-state index contributed by atoms with van der Waals surface area (Å²) >= 11 is 0. The maximum Gasteiger partial charge on any atom is 0.228 e. The molecule has 3 aromatic carbocycles. The molecule has 0 bridgehead atoms. The van der Waals surface area contributed by atoms with E-state index < -0.39 is 0 Å². The van der Waals surface area contributed by atoms with E-state index in [2.05, 4.69) is 5.32 Å². The smallest absolute Gasteiger partial charge is 0.228 e. The Morgan fingerprint density at radius 2 is 1.32 bits per heavy atom. The number of benzene rings is 3. The molecule has 0 saturated heterocycles. The normalized spacial score (nSPS) is 10.2. The number of carbonyl (C=O) groups is 1. The van der Waals surface area contributed by atoms with Crippen LogP contribution in [0.5, 0.6) is 0 Å². The lowest BCUT2D eigenvalue weighted by Gasteiger charge is -2.11. The molecular formula is C20H17NO. The van der Waals surface area contributed by atoms with E-state index in [9.17, 15) is 4.79 Å². The van der Waals surface area contributed by atoms with Crippen molar-refractivity contribution in [3.8, 4) is 11.1 Å². The number of para-hydroxylation sites is 1. The highest BCUT2D eigenvalue weighted by atomic mass is 16.1. The maximum absolute atomic E-state index is 12.3. The number of rotatable bonds is 4. The first-order chi connectivity index (χ1) is 10.8. The first-order valence-corrected chi connectivity index (χ1v) is 7.31. The fourth-order valence-electron chi connectivity index (χ4n) is 2.44. The van der Waals surface area contributed by atoms with Crippen molar-refractivity contribution in [1.29, 1.82) is 0 Å². The molecule has 1 N–H and O–H groups in total. The Bertz CT molecular complexity index is 751. The average molecular weight is 287 g/mol. The Morgan fingerprint density at radius 3 is 2.05 bits per heavy atom. The Morgan fingerprint density at radius 1 is 0.727 bits per heavy atom. The highest BCUT2D eigenvalue weighted by Crippen LogP contribution is 2.27. The SMILES string of the molecule is O=C(Cc1ccccc1)Nc1ccccc1-c1ccccc1. The topological polar surface area (TPSA) is 29.1 Å². The molecule has 2 heteroatoms. The van der Waals surface area contributed by atoms with Gasteiger partial charge in [0.25, 0.3) is 0 Å². The van der Waals surface area contributed by atoms with E-state index in [4.69, 9.17) is 0 Å². The molecule has 3 rings (SSSR count). The number of carbonyl (C=O) groups excluding carboxylic acids is 1. The third-order valence-electron chi connectivity index (χ3n) is 3.49. The van der Waals surface area contributed by atoms with Crippen LogP contribution < -0.4 is 5.32 Å². The molecule has 0 spiro atoms. The minimum atomic E-state index is -0.00502. The third kappa shape index (κ3) is 3.41. The minimum Gasteiger partial charge on any atom is -0.325 e. The molecule has 3 aromatic rings. The number of hydrogen-bond donors (Lipinski definition) is 1. The standard InChI is InChI=1S/C20H17NO/c22-20(15-16-9-3-1-4-10-16)21-19-14-8-7-13-18(19)17-11-5-2-6-12-17/h1-14H,15H2,(H,21,22). The summed E-state index contributed by atoms with van der Waals surface area (Å²) in [5.74, 6) is -0.00502. The van der Waals surface area contributed by atoms with Crippen molar-refractivity contribution in [3.63, 3.8) is 0 Å². The molecule has 1 amide bonds. The van der Waals surface area contributed by atoms with Crippen LogP contribution in [0.2, 0.25) is 0 Å². The third-order valence-corrected chi connectivity index (χ3v) is 3.49. The van der Waals surface area contributed by atoms with Gasteiger partial charge in [0.1, 0.15) is 0 Å². The second-order valence-corrected chi connectivity index (χ2v) is 5.12. The van der Waals surface area contributed by atoms with Gasteiger partial charge in [0.15, 0.2) is 0 Å². The molecule has 0 aromatic heterocycles. The van der Waals surface area contributed by atoms with Gasteiger partial charge in [-0.25, -0.2) is 0 Å². The van der Waals surface area contributed by atoms with Crippen LogP contribution in [0, 0.1) is 0 Å². The van der Waals surface area contributed by atoms with E-state index in [0.29, 0.717) is 6.42 Å². The van der Waals surface area contributed by atoms with Crippen molar-refractivity contribution in [2.45, 2.75) is 6.42 Å². The van der Waals surface area contributed by atoms with E-state index in [1.54, 1.807) is 0 Å². The molecule has 0 heterocycles. The van der Waals surface area contributed by atoms with Crippen molar-refractivity contribution < 1.29 is 4.79 Å². The first-order valence-electron chi connectivity index (χ1n) is 7.31. The summed E-state index contributed by atoms with van der Waals surface area (Å²) < 4.78 is 0. The van der Waals surface area contributed by atoms with E-state index in [-0.39, 0.29) is 5.91 Å². The lowest BCUT2D eigenvalue weighted by molar-refractivity contribution is -0.115. The molecule has 0 saturated carbocycles. The van der Waals surface area contributed by atoms with Gasteiger partial charge >= 0.3 is 0 Å². The summed E-state index contributed by atoms with van der Waals surface area (Å²) in [5.41, 5.74) is 3.98. The molecule has 0 aliphatic heterocycles. The molecule has 0 aliphatic carbocycles. The Labute approximate surface area is 130 Å². The number of hydrogen-bond acceptors (Lipinski definition) is 1. The number of amides is 1. The monoisotopic (exact) mass is 287 g/mol. The summed E-state index contributed by atoms with van der Waals surface area (Å²) in [4.78, 5) is 12.3. The summed E-state index contributed by atoms with van der Waals surface area (Å²) in [7, 11) is 0. The predicted octanol–water partition coefficient (Wildman–Crippen LogP) is 4.53. The highest BCUT2D eigenvalue weighted by molar-refractivity contribution is 5.96. The van der Waals surface area contributed by atoms with Crippen LogP contribution in [-0.2, 0) is 11.2 Å². The lowest BCUT2D eigenvalue weighted by Crippen LogP contribution is -2.14. The molecule has 22 heavy (non-hydrogen) atoms. The molecule has 108 valence electrons. The second kappa shape index (κ2) is 6.72. The van der Waals surface area contributed by atoms with Crippen LogP contribution in [0.3, 0.4) is 0 Å². The van der Waals surface area contributed by atoms with Crippen LogP contribution in [0.4, 0.5) is 5.69 Å². The Hall–Kier alpha value is -2.87. The van der Waals surface area contributed by atoms with Crippen LogP contribution >= 0.6 is 0 Å².